The van der Waals surface area contributed by atoms with Crippen LogP contribution in [0.3, 0.4) is 0 Å². The first-order chi connectivity index (χ1) is 57.7. The van der Waals surface area contributed by atoms with Gasteiger partial charge in [0.05, 0.1) is 38.8 Å². The van der Waals surface area contributed by atoms with Crippen LogP contribution in [0.15, 0.2) is 24.3 Å². The monoisotopic (exact) mass is 1760 g/mol. The molecule has 2 aliphatic heterocycles. The summed E-state index contributed by atoms with van der Waals surface area (Å²) in [6, 6.07) is -17.7. The summed E-state index contributed by atoms with van der Waals surface area (Å²) in [5.41, 5.74) is 16.9. The van der Waals surface area contributed by atoms with Gasteiger partial charge in [0.2, 0.25) is 118 Å². The van der Waals surface area contributed by atoms with Crippen molar-refractivity contribution < 1.29 is 131 Å². The number of aliphatic carboxylic acids is 2. The number of nitrogens with one attached hydrogen (secondary N) is 15. The van der Waals surface area contributed by atoms with Crippen molar-refractivity contribution in [2.45, 2.75) is 249 Å². The fraction of sp³-hybridized carbons (Fsp3) is 0.627. The topological polar surface area (TPSA) is 742 Å². The number of hydrogen-bond donors (Lipinski definition) is 24. The van der Waals surface area contributed by atoms with Crippen LogP contribution < -0.4 is 97.0 Å². The fourth-order valence-corrected chi connectivity index (χ4v) is 13.1. The Morgan fingerprint density at radius 2 is 0.894 bits per heavy atom. The molecule has 3 rings (SSSR count). The van der Waals surface area contributed by atoms with E-state index in [0.29, 0.717) is 18.4 Å². The van der Waals surface area contributed by atoms with Crippen LogP contribution in [0.1, 0.15) is 157 Å². The lowest BCUT2D eigenvalue weighted by molar-refractivity contribution is -0.148. The van der Waals surface area contributed by atoms with Crippen molar-refractivity contribution in [1.29, 1.82) is 0 Å². The van der Waals surface area contributed by atoms with Crippen molar-refractivity contribution in [1.82, 2.24) is 89.6 Å². The van der Waals surface area contributed by atoms with E-state index in [0.717, 1.165) is 23.6 Å². The fourth-order valence-electron chi connectivity index (χ4n) is 12.8. The Hall–Kier alpha value is -12.4. The van der Waals surface area contributed by atoms with Gasteiger partial charge in [0.1, 0.15) is 90.3 Å². The van der Waals surface area contributed by atoms with Crippen molar-refractivity contribution in [2.24, 2.45) is 29.0 Å². The number of carbonyl (C=O) groups excluding carboxylic acids is 20. The Kier molecular flexibility index (Phi) is 44.4. The summed E-state index contributed by atoms with van der Waals surface area (Å²) in [6.45, 7) is 8.53. The zero-order chi connectivity index (χ0) is 92.8. The number of amides is 20. The Labute approximate surface area is 712 Å². The summed E-state index contributed by atoms with van der Waals surface area (Å²) < 4.78 is 0. The van der Waals surface area contributed by atoms with Crippen molar-refractivity contribution in [3.63, 3.8) is 0 Å². The second kappa shape index (κ2) is 52.1. The van der Waals surface area contributed by atoms with Crippen molar-refractivity contribution in [3.8, 4) is 5.75 Å². The number of thiol groups is 1. The number of nitrogens with zero attached hydrogens (tertiary/aromatic N) is 2. The standard InChI is InChI=1S/C75H116N20O27S/c1-9-10-13-42(84-67(114)46(82-39(8)99)28-40-16-18-41(100)19-17-40)63(110)90-49(32-96)69(116)93-61(37(6)97)73(120)87-45(22-25-57(105)106)64(111)85-43(20-23-53(76)101)65(112)88-47(29-55(78)103)68(115)92-60(36(4)5)75(122)95-27-12-15-52(95)71(118)89-48(30-58(107)108)74(121)94-26-11-14-51(94)70(117)86-44(21-24-54(77)102)66(113)91-59(35(2)3)72(119)79-31-56(104)83-50(33-123)62(109)81-34-80-38(7)98/h16-19,35-37,42-52,59-61,96-97,100,123H,9-15,20-34H2,1-8H3,(H2,76,101)(H2,77,102)(H2,78,103)(H,79,119)(H,80,98)(H,81,109)(H,82,99)(H,83,104)(H,84,114)(H,85,111)(H,86,117)(H,87,120)(H,88,112)(H,89,118)(H,90,110)(H,91,113)(H,92,115)(H,93,116)(H,105,106)(H,107,108)/t37-,42+,43+,44+,45+,46+,47+,48+,49+,50-,51+,52+,59+,60+,61+/m1/s1. The number of carboxylic acid groups (broad SMARTS) is 2. The lowest BCUT2D eigenvalue weighted by atomic mass is 10.0. The molecule has 0 bridgehead atoms. The highest BCUT2D eigenvalue weighted by Gasteiger charge is 2.45. The van der Waals surface area contributed by atoms with E-state index in [1.54, 1.807) is 6.92 Å². The average Bonchev–Trinajstić information content (AvgIpc) is 1.76. The molecule has 1 aromatic carbocycles. The lowest BCUT2D eigenvalue weighted by Crippen LogP contribution is -2.62. The predicted octanol–water partition coefficient (Wildman–Crippen LogP) is -9.37. The van der Waals surface area contributed by atoms with Crippen molar-refractivity contribution in [2.75, 3.05) is 38.7 Å². The number of nitrogens with two attached hydrogens (primary N) is 3. The van der Waals surface area contributed by atoms with Crippen LogP contribution in [0, 0.1) is 11.8 Å². The van der Waals surface area contributed by atoms with Crippen LogP contribution >= 0.6 is 12.6 Å². The number of aromatic hydroxyl groups is 1. The number of benzene rings is 1. The first-order valence-corrected chi connectivity index (χ1v) is 40.3. The van der Waals surface area contributed by atoms with Gasteiger partial charge in [0.25, 0.3) is 0 Å². The summed E-state index contributed by atoms with van der Waals surface area (Å²) in [6.07, 6.45) is -7.34. The quantitative estimate of drug-likeness (QED) is 0.0213. The molecule has 123 heavy (non-hydrogen) atoms. The third-order valence-corrected chi connectivity index (χ3v) is 19.7. The molecule has 48 heteroatoms. The molecule has 0 radical (unpaired) electrons. The number of rotatable bonds is 53. The summed E-state index contributed by atoms with van der Waals surface area (Å²) in [5.74, 6) is -25.6. The average molecular weight is 1760 g/mol. The van der Waals surface area contributed by atoms with E-state index in [9.17, 15) is 131 Å². The molecule has 0 unspecified atom stereocenters. The smallest absolute Gasteiger partial charge is 0.305 e. The normalized spacial score (nSPS) is 16.7. The van der Waals surface area contributed by atoms with E-state index in [1.165, 1.54) is 58.9 Å². The van der Waals surface area contributed by atoms with Crippen LogP contribution in [0.2, 0.25) is 0 Å². The molecule has 2 aliphatic rings. The zero-order valence-electron chi connectivity index (χ0n) is 69.5. The molecular weight excluding hydrogens is 1650 g/mol. The van der Waals surface area contributed by atoms with Crippen molar-refractivity contribution in [3.05, 3.63) is 29.8 Å². The zero-order valence-corrected chi connectivity index (χ0v) is 70.4. The van der Waals surface area contributed by atoms with Gasteiger partial charge in [-0.15, -0.1) is 0 Å². The summed E-state index contributed by atoms with van der Waals surface area (Å²) in [4.78, 5) is 296. The Morgan fingerprint density at radius 3 is 1.37 bits per heavy atom. The van der Waals surface area contributed by atoms with Gasteiger partial charge in [-0.1, -0.05) is 59.6 Å². The summed E-state index contributed by atoms with van der Waals surface area (Å²) in [7, 11) is 0. The van der Waals surface area contributed by atoms with Gasteiger partial charge in [-0.25, -0.2) is 0 Å². The van der Waals surface area contributed by atoms with Gasteiger partial charge < -0.3 is 132 Å². The second-order valence-electron chi connectivity index (χ2n) is 30.1. The molecule has 0 aliphatic carbocycles. The minimum Gasteiger partial charge on any atom is -0.508 e. The highest BCUT2D eigenvalue weighted by Crippen LogP contribution is 2.24. The Morgan fingerprint density at radius 1 is 0.447 bits per heavy atom. The van der Waals surface area contributed by atoms with Gasteiger partial charge >= 0.3 is 11.9 Å². The number of phenols is 1. The van der Waals surface area contributed by atoms with Crippen LogP contribution in [0.25, 0.3) is 0 Å². The number of unbranched alkanes of at least 4 members (excludes halogenated alkanes) is 1. The van der Waals surface area contributed by atoms with Crippen LogP contribution in [0.4, 0.5) is 0 Å². The summed E-state index contributed by atoms with van der Waals surface area (Å²) >= 11 is 4.06. The lowest BCUT2D eigenvalue weighted by Gasteiger charge is -2.33. The van der Waals surface area contributed by atoms with Crippen molar-refractivity contribution >= 4 is 143 Å². The van der Waals surface area contributed by atoms with Crippen LogP contribution in [0.5, 0.6) is 5.75 Å². The third-order valence-electron chi connectivity index (χ3n) is 19.4. The number of primary amides is 3. The molecular formula is C75H116N20O27S. The minimum absolute atomic E-state index is 0.0318. The number of carbonyl (C=O) groups is 22. The minimum atomic E-state index is -2.08. The number of carboxylic acids is 2. The first kappa shape index (κ1) is 105. The van der Waals surface area contributed by atoms with E-state index in [1.807, 2.05) is 0 Å². The van der Waals surface area contributed by atoms with Gasteiger partial charge in [0.15, 0.2) is 0 Å². The maximum atomic E-state index is 14.7. The number of aliphatic hydroxyl groups excluding tert-OH is 2. The maximum Gasteiger partial charge on any atom is 0.305 e. The van der Waals surface area contributed by atoms with E-state index < -0.39 is 297 Å². The number of aliphatic hydroxyl groups is 2. The Balaban J connectivity index is 1.84. The van der Waals surface area contributed by atoms with Gasteiger partial charge in [0, 0.05) is 58.4 Å². The van der Waals surface area contributed by atoms with Crippen LogP contribution in [-0.2, 0) is 112 Å². The molecule has 0 saturated carbocycles. The molecule has 2 fully saturated rings. The Bertz CT molecular complexity index is 3990. The van der Waals surface area contributed by atoms with Gasteiger partial charge in [-0.05, 0) is 87.8 Å². The summed E-state index contributed by atoms with van der Waals surface area (Å²) in [5, 5.41) is 85.9. The van der Waals surface area contributed by atoms with E-state index >= 15 is 0 Å². The largest absolute Gasteiger partial charge is 0.508 e. The molecule has 0 spiro atoms. The van der Waals surface area contributed by atoms with Gasteiger partial charge in [-0.2, -0.15) is 12.6 Å². The third kappa shape index (κ3) is 36.1. The molecule has 2 heterocycles. The molecule has 2 saturated heterocycles. The molecule has 26 N–H and O–H groups in total. The predicted molar refractivity (Wildman–Crippen MR) is 432 cm³/mol. The maximum absolute atomic E-state index is 14.7. The molecule has 20 amide bonds. The van der Waals surface area contributed by atoms with E-state index in [2.05, 4.69) is 92.4 Å². The molecule has 15 atom stereocenters. The van der Waals surface area contributed by atoms with E-state index in [4.69, 9.17) is 17.2 Å². The molecule has 1 aromatic rings. The number of hydrogen-bond acceptors (Lipinski definition) is 26. The molecule has 47 nitrogen and oxygen atoms in total. The first-order valence-electron chi connectivity index (χ1n) is 39.7. The highest BCUT2D eigenvalue weighted by molar-refractivity contribution is 7.80. The number of likely N-dealkylation sites (tertiary alicyclic amines) is 2. The number of phenolic OH excluding ortho intramolecular Hbond substituents is 1. The highest BCUT2D eigenvalue weighted by atomic mass is 32.1. The second-order valence-corrected chi connectivity index (χ2v) is 30.5. The molecule has 684 valence electrons. The van der Waals surface area contributed by atoms with Gasteiger partial charge in [-0.3, -0.25) is 105 Å². The van der Waals surface area contributed by atoms with Crippen LogP contribution in [-0.4, -0.2) is 295 Å². The van der Waals surface area contributed by atoms with E-state index in [-0.39, 0.29) is 69.8 Å². The SMILES string of the molecule is CCCC[C@H](NC(=O)[C@H](Cc1ccc(O)cc1)NC(C)=O)C(=O)N[C@@H](CO)C(=O)N[C@H](C(=O)N[C@@H](CCC(=O)O)C(=O)N[C@@H](CCC(N)=O)C(=O)N[C@@H](CC(N)=O)C(=O)N[C@H](C(=O)N1CCC[C@H]1C(=O)N[C@@H](CC(=O)O)C(=O)N1CCC[C@H]1C(=O)N[C@@H](CCC(N)=O)C(=O)N[C@H](C(=O)NCC(=O)N[C@H](CS)C(=O)NCNC(C)=O)C(C)C)C(C)C)[C@@H](C)O. The molecule has 0 aromatic heterocycles.